The molecule has 1 rings (SSSR count). The van der Waals surface area contributed by atoms with Gasteiger partial charge in [-0.15, -0.1) is 0 Å². The number of hydrogen-bond donors (Lipinski definition) is 2. The number of nitrogens with two attached hydrogens (primary N) is 1. The van der Waals surface area contributed by atoms with Gasteiger partial charge in [0, 0.05) is 30.8 Å². The lowest BCUT2D eigenvalue weighted by molar-refractivity contribution is 1.39. The molecule has 0 aromatic heterocycles. The quantitative estimate of drug-likeness (QED) is 0.254. The molecule has 4 nitrogen and oxygen atoms in total. The summed E-state index contributed by atoms with van der Waals surface area (Å²) in [5, 5.41) is 3.18. The fourth-order valence-electron chi connectivity index (χ4n) is 1.81. The van der Waals surface area contributed by atoms with E-state index < -0.39 is 0 Å². The number of aliphatic imine (C=N–C) groups is 2. The Morgan fingerprint density at radius 3 is 2.00 bits per heavy atom. The average Bonchev–Trinajstić information content (AvgIpc) is 2.71. The number of amidine groups is 1. The third-order valence-electron chi connectivity index (χ3n) is 3.40. The summed E-state index contributed by atoms with van der Waals surface area (Å²) in [7, 11) is 1.78. The molecule has 154 valence electrons. The van der Waals surface area contributed by atoms with E-state index in [0.29, 0.717) is 0 Å². The van der Waals surface area contributed by atoms with Crippen molar-refractivity contribution in [2.45, 2.75) is 48.5 Å². The Bertz CT molecular complexity index is 703. The molecule has 0 bridgehead atoms. The Kier molecular flexibility index (Phi) is 17.1. The van der Waals surface area contributed by atoms with Crippen LogP contribution in [-0.4, -0.2) is 19.1 Å². The van der Waals surface area contributed by atoms with Crippen molar-refractivity contribution in [2.24, 2.45) is 9.98 Å². The standard InChI is InChI=1S/C13H17N3.C9H15N.C2H6/c1-4-9-15-13(10(2)3)16-12-7-5-11(14)6-8-12;1-5-8(3)9(6-2)7-10-4;1-2/h4-9H,2,14H2,1,3H3,(H,15,16);5-7H,1-4H3;1-2H3/b9-4-;8-5+,9-6+,10-7?;. The molecule has 0 saturated carbocycles. The lowest BCUT2D eigenvalue weighted by Gasteiger charge is -2.08. The maximum Gasteiger partial charge on any atom is 0.132 e. The molecule has 0 saturated heterocycles. The van der Waals surface area contributed by atoms with Gasteiger partial charge >= 0.3 is 0 Å². The van der Waals surface area contributed by atoms with Gasteiger partial charge in [0.1, 0.15) is 5.84 Å². The summed E-state index contributed by atoms with van der Waals surface area (Å²) in [5.74, 6) is 0.753. The van der Waals surface area contributed by atoms with Crippen LogP contribution in [-0.2, 0) is 0 Å². The topological polar surface area (TPSA) is 62.8 Å². The molecule has 3 N–H and O–H groups in total. The summed E-state index contributed by atoms with van der Waals surface area (Å²) in [5.41, 5.74) is 10.7. The zero-order chi connectivity index (χ0) is 21.9. The summed E-state index contributed by atoms with van der Waals surface area (Å²) >= 11 is 0. The number of allylic oxidation sites excluding steroid dienone is 5. The van der Waals surface area contributed by atoms with E-state index in [1.165, 1.54) is 11.1 Å². The highest BCUT2D eigenvalue weighted by atomic mass is 15.0. The fourth-order valence-corrected chi connectivity index (χ4v) is 1.81. The van der Waals surface area contributed by atoms with Gasteiger partial charge in [0.15, 0.2) is 0 Å². The van der Waals surface area contributed by atoms with E-state index in [9.17, 15) is 0 Å². The summed E-state index contributed by atoms with van der Waals surface area (Å²) in [6.45, 7) is 17.8. The number of nitrogens with zero attached hydrogens (tertiary/aromatic N) is 2. The second kappa shape index (κ2) is 17.5. The lowest BCUT2D eigenvalue weighted by Crippen LogP contribution is -2.12. The number of benzene rings is 1. The molecule has 4 heteroatoms. The third-order valence-corrected chi connectivity index (χ3v) is 3.40. The minimum atomic E-state index is 0.743. The van der Waals surface area contributed by atoms with Crippen LogP contribution in [0.4, 0.5) is 11.4 Å². The van der Waals surface area contributed by atoms with Crippen LogP contribution < -0.4 is 11.1 Å². The van der Waals surface area contributed by atoms with E-state index >= 15 is 0 Å². The van der Waals surface area contributed by atoms with Crippen LogP contribution in [0.3, 0.4) is 0 Å². The maximum absolute atomic E-state index is 5.61. The lowest BCUT2D eigenvalue weighted by atomic mass is 10.1. The van der Waals surface area contributed by atoms with Gasteiger partial charge in [-0.2, -0.15) is 0 Å². The van der Waals surface area contributed by atoms with E-state index in [2.05, 4.69) is 41.0 Å². The van der Waals surface area contributed by atoms with E-state index in [1.807, 2.05) is 78.1 Å². The number of nitrogens with one attached hydrogen (secondary N) is 1. The highest BCUT2D eigenvalue weighted by molar-refractivity contribution is 6.07. The van der Waals surface area contributed by atoms with Crippen LogP contribution in [0.15, 0.2) is 82.0 Å². The molecule has 0 aliphatic carbocycles. The second-order valence-corrected chi connectivity index (χ2v) is 5.59. The van der Waals surface area contributed by atoms with Crippen molar-refractivity contribution in [3.05, 3.63) is 72.0 Å². The van der Waals surface area contributed by atoms with Gasteiger partial charge in [0.05, 0.1) is 0 Å². The van der Waals surface area contributed by atoms with Crippen LogP contribution in [0, 0.1) is 0 Å². The summed E-state index contributed by atoms with van der Waals surface area (Å²) < 4.78 is 0. The number of rotatable bonds is 5. The van der Waals surface area contributed by atoms with Gasteiger partial charge in [-0.05, 0) is 75.6 Å². The molecule has 0 radical (unpaired) electrons. The molecule has 0 fully saturated rings. The first kappa shape index (κ1) is 27.3. The van der Waals surface area contributed by atoms with Gasteiger partial charge in [0.25, 0.3) is 0 Å². The zero-order valence-corrected chi connectivity index (χ0v) is 18.9. The van der Waals surface area contributed by atoms with E-state index in [1.54, 1.807) is 13.2 Å². The molecule has 1 aromatic rings. The Balaban J connectivity index is 0. The fraction of sp³-hybridized carbons (Fsp3) is 0.333. The van der Waals surface area contributed by atoms with Crippen molar-refractivity contribution in [3.8, 4) is 0 Å². The molecule has 0 amide bonds. The number of hydrogen-bond acceptors (Lipinski definition) is 3. The molecular formula is C24H38N4. The van der Waals surface area contributed by atoms with Crippen molar-refractivity contribution < 1.29 is 0 Å². The van der Waals surface area contributed by atoms with E-state index in [-0.39, 0.29) is 0 Å². The predicted molar refractivity (Wildman–Crippen MR) is 130 cm³/mol. The zero-order valence-electron chi connectivity index (χ0n) is 18.9. The first-order valence-corrected chi connectivity index (χ1v) is 9.58. The van der Waals surface area contributed by atoms with Crippen molar-refractivity contribution in [1.82, 2.24) is 0 Å². The van der Waals surface area contributed by atoms with Crippen molar-refractivity contribution in [3.63, 3.8) is 0 Å². The minimum Gasteiger partial charge on any atom is -0.399 e. The predicted octanol–water partition coefficient (Wildman–Crippen LogP) is 6.81. The van der Waals surface area contributed by atoms with Crippen LogP contribution in [0.2, 0.25) is 0 Å². The Morgan fingerprint density at radius 2 is 1.61 bits per heavy atom. The van der Waals surface area contributed by atoms with E-state index in [4.69, 9.17) is 5.73 Å². The molecule has 1 aromatic carbocycles. The molecule has 0 aliphatic heterocycles. The largest absolute Gasteiger partial charge is 0.399 e. The molecule has 0 aliphatic rings. The van der Waals surface area contributed by atoms with Crippen LogP contribution in [0.5, 0.6) is 0 Å². The molecular weight excluding hydrogens is 344 g/mol. The normalized spacial score (nSPS) is 12.2. The third kappa shape index (κ3) is 12.5. The first-order valence-electron chi connectivity index (χ1n) is 9.58. The maximum atomic E-state index is 5.61. The van der Waals surface area contributed by atoms with Crippen molar-refractivity contribution in [1.29, 1.82) is 0 Å². The Hall–Kier alpha value is -2.88. The highest BCUT2D eigenvalue weighted by Crippen LogP contribution is 2.12. The van der Waals surface area contributed by atoms with Crippen LogP contribution in [0.25, 0.3) is 0 Å². The van der Waals surface area contributed by atoms with Gasteiger partial charge in [-0.3, -0.25) is 4.99 Å². The molecule has 0 unspecified atom stereocenters. The number of nitrogen functional groups attached to an aromatic ring is 1. The van der Waals surface area contributed by atoms with E-state index in [0.717, 1.165) is 22.8 Å². The summed E-state index contributed by atoms with van der Waals surface area (Å²) in [4.78, 5) is 8.20. The highest BCUT2D eigenvalue weighted by Gasteiger charge is 1.99. The van der Waals surface area contributed by atoms with Gasteiger partial charge in [0.2, 0.25) is 0 Å². The van der Waals surface area contributed by atoms with Gasteiger partial charge < -0.3 is 11.1 Å². The minimum absolute atomic E-state index is 0.743. The smallest absolute Gasteiger partial charge is 0.132 e. The monoisotopic (exact) mass is 382 g/mol. The molecule has 0 atom stereocenters. The van der Waals surface area contributed by atoms with Crippen molar-refractivity contribution in [2.75, 3.05) is 18.1 Å². The molecule has 28 heavy (non-hydrogen) atoms. The first-order chi connectivity index (χ1) is 13.4. The van der Waals surface area contributed by atoms with Crippen LogP contribution in [0.1, 0.15) is 48.5 Å². The van der Waals surface area contributed by atoms with Crippen LogP contribution >= 0.6 is 0 Å². The van der Waals surface area contributed by atoms with Gasteiger partial charge in [-0.25, -0.2) is 4.99 Å². The molecule has 0 spiro atoms. The van der Waals surface area contributed by atoms with Gasteiger partial charge in [-0.1, -0.05) is 38.7 Å². The summed E-state index contributed by atoms with van der Waals surface area (Å²) in [6, 6.07) is 7.50. The SMILES string of the molecule is C/C=C(C=NC)/C(C)=C/C.C=C(C)C(=N/C=C\C)Nc1ccc(N)cc1.CC. The van der Waals surface area contributed by atoms with Crippen molar-refractivity contribution >= 4 is 23.4 Å². The second-order valence-electron chi connectivity index (χ2n) is 5.59. The summed E-state index contributed by atoms with van der Waals surface area (Å²) in [6.07, 6.45) is 9.61. The Labute approximate surface area is 172 Å². The number of anilines is 2. The molecule has 0 heterocycles. The Morgan fingerprint density at radius 1 is 1.04 bits per heavy atom. The average molecular weight is 383 g/mol.